The Hall–Kier alpha value is -1.65. The van der Waals surface area contributed by atoms with Gasteiger partial charge in [0.15, 0.2) is 5.78 Å². The number of aliphatic imine (C=N–C) groups is 1. The van der Waals surface area contributed by atoms with E-state index in [1.165, 1.54) is 7.05 Å². The summed E-state index contributed by atoms with van der Waals surface area (Å²) in [4.78, 5) is 25.5. The number of carbonyl (C=O) groups excluding carboxylic acids is 2. The van der Waals surface area contributed by atoms with Crippen LogP contribution in [0.25, 0.3) is 0 Å². The number of nitrogens with one attached hydrogen (secondary N) is 1. The molecule has 76 valence electrons. The molecule has 0 spiro atoms. The number of hydrogen-bond acceptors (Lipinski definition) is 3. The fraction of sp³-hybridized carbons (Fsp3) is 0.444. The number of urea groups is 1. The van der Waals surface area contributed by atoms with Crippen LogP contribution in [0.15, 0.2) is 16.3 Å². The molecule has 2 N–H and O–H groups in total. The van der Waals surface area contributed by atoms with Crippen LogP contribution in [0.3, 0.4) is 0 Å². The number of ketones is 1. The van der Waals surface area contributed by atoms with Gasteiger partial charge in [-0.2, -0.15) is 0 Å². The molecule has 5 heteroatoms. The lowest BCUT2D eigenvalue weighted by Gasteiger charge is -2.10. The van der Waals surface area contributed by atoms with E-state index in [2.05, 4.69) is 10.3 Å². The van der Waals surface area contributed by atoms with E-state index in [1.807, 2.05) is 0 Å². The van der Waals surface area contributed by atoms with Gasteiger partial charge in [0.2, 0.25) is 0 Å². The van der Waals surface area contributed by atoms with Gasteiger partial charge in [0.25, 0.3) is 0 Å². The highest BCUT2D eigenvalue weighted by Gasteiger charge is 2.18. The smallest absolute Gasteiger partial charge is 0.340 e. The van der Waals surface area contributed by atoms with Crippen molar-refractivity contribution in [2.24, 2.45) is 4.99 Å². The molecule has 0 unspecified atom stereocenters. The van der Waals surface area contributed by atoms with Crippen LogP contribution in [-0.4, -0.2) is 30.2 Å². The van der Waals surface area contributed by atoms with E-state index in [0.29, 0.717) is 19.3 Å². The molecule has 0 saturated heterocycles. The molecule has 5 nitrogen and oxygen atoms in total. The summed E-state index contributed by atoms with van der Waals surface area (Å²) in [5, 5.41) is 11.6. The predicted octanol–water partition coefficient (Wildman–Crippen LogP) is 0.962. The van der Waals surface area contributed by atoms with Gasteiger partial charge in [-0.05, 0) is 6.42 Å². The molecule has 1 rings (SSSR count). The van der Waals surface area contributed by atoms with E-state index in [4.69, 9.17) is 0 Å². The van der Waals surface area contributed by atoms with Crippen molar-refractivity contribution in [1.29, 1.82) is 0 Å². The molecule has 0 radical (unpaired) electrons. The molecule has 1 aliphatic carbocycles. The first-order valence-corrected chi connectivity index (χ1v) is 4.36. The molecule has 0 bridgehead atoms. The number of amides is 2. The maximum absolute atomic E-state index is 11.3. The minimum Gasteiger partial charge on any atom is -0.512 e. The summed E-state index contributed by atoms with van der Waals surface area (Å²) in [6.07, 6.45) is 2.65. The van der Waals surface area contributed by atoms with E-state index >= 15 is 0 Å². The highest BCUT2D eigenvalue weighted by Crippen LogP contribution is 2.18. The molecule has 0 heterocycles. The van der Waals surface area contributed by atoms with Crippen molar-refractivity contribution in [2.75, 3.05) is 7.05 Å². The van der Waals surface area contributed by atoms with Gasteiger partial charge in [0.1, 0.15) is 5.76 Å². The summed E-state index contributed by atoms with van der Waals surface area (Å²) in [6.45, 7) is 0. The van der Waals surface area contributed by atoms with Crippen LogP contribution in [0, 0.1) is 0 Å². The van der Waals surface area contributed by atoms with E-state index in [1.54, 1.807) is 0 Å². The van der Waals surface area contributed by atoms with Crippen molar-refractivity contribution in [3.63, 3.8) is 0 Å². The van der Waals surface area contributed by atoms with Gasteiger partial charge in [0.05, 0.1) is 5.57 Å². The van der Waals surface area contributed by atoms with Gasteiger partial charge in [-0.15, -0.1) is 0 Å². The van der Waals surface area contributed by atoms with Crippen molar-refractivity contribution < 1.29 is 14.7 Å². The Labute approximate surface area is 81.5 Å². The topological polar surface area (TPSA) is 78.8 Å². The summed E-state index contributed by atoms with van der Waals surface area (Å²) >= 11 is 0. The second-order valence-corrected chi connectivity index (χ2v) is 2.95. The lowest BCUT2D eigenvalue weighted by atomic mass is 9.97. The van der Waals surface area contributed by atoms with Gasteiger partial charge in [0, 0.05) is 26.1 Å². The number of aliphatic hydroxyl groups excluding tert-OH is 1. The Morgan fingerprint density at radius 2 is 2.29 bits per heavy atom. The zero-order chi connectivity index (χ0) is 10.6. The van der Waals surface area contributed by atoms with Crippen molar-refractivity contribution in [1.82, 2.24) is 5.32 Å². The van der Waals surface area contributed by atoms with E-state index in [-0.39, 0.29) is 17.1 Å². The number of hydrogen-bond donors (Lipinski definition) is 2. The largest absolute Gasteiger partial charge is 0.512 e. The zero-order valence-electron chi connectivity index (χ0n) is 7.91. The highest BCUT2D eigenvalue weighted by molar-refractivity contribution is 6.15. The predicted molar refractivity (Wildman–Crippen MR) is 51.5 cm³/mol. The molecule has 2 amide bonds. The minimum atomic E-state index is -0.538. The quantitative estimate of drug-likeness (QED) is 0.613. The molecule has 0 saturated carbocycles. The molecule has 0 atom stereocenters. The van der Waals surface area contributed by atoms with E-state index < -0.39 is 6.03 Å². The molecule has 1 aliphatic rings. The lowest BCUT2D eigenvalue weighted by Crippen LogP contribution is -2.16. The molecule has 0 aliphatic heterocycles. The molecule has 0 aromatic carbocycles. The fourth-order valence-electron chi connectivity index (χ4n) is 1.18. The van der Waals surface area contributed by atoms with E-state index in [0.717, 1.165) is 6.21 Å². The Balaban J connectivity index is 2.80. The summed E-state index contributed by atoms with van der Waals surface area (Å²) in [7, 11) is 1.44. The van der Waals surface area contributed by atoms with Crippen LogP contribution in [0.5, 0.6) is 0 Å². The average molecular weight is 196 g/mol. The van der Waals surface area contributed by atoms with Gasteiger partial charge in [-0.1, -0.05) is 0 Å². The number of aliphatic hydroxyl groups is 1. The Morgan fingerprint density at radius 3 is 2.86 bits per heavy atom. The normalized spacial score (nSPS) is 17.6. The maximum atomic E-state index is 11.3. The van der Waals surface area contributed by atoms with Crippen LogP contribution in [0.4, 0.5) is 4.79 Å². The summed E-state index contributed by atoms with van der Waals surface area (Å²) in [6, 6.07) is -0.538. The fourth-order valence-corrected chi connectivity index (χ4v) is 1.18. The van der Waals surface area contributed by atoms with Crippen molar-refractivity contribution in [2.45, 2.75) is 19.3 Å². The SMILES string of the molecule is CNC(=O)/N=C/C1=C(O)CCCC1=O. The average Bonchev–Trinajstić information content (AvgIpc) is 2.16. The van der Waals surface area contributed by atoms with Gasteiger partial charge in [-0.3, -0.25) is 4.79 Å². The van der Waals surface area contributed by atoms with Crippen molar-refractivity contribution in [3.05, 3.63) is 11.3 Å². The minimum absolute atomic E-state index is 0.0221. The first-order valence-electron chi connectivity index (χ1n) is 4.36. The summed E-state index contributed by atoms with van der Waals surface area (Å²) < 4.78 is 0. The molecular weight excluding hydrogens is 184 g/mol. The van der Waals surface area contributed by atoms with Crippen LogP contribution in [0.1, 0.15) is 19.3 Å². The highest BCUT2D eigenvalue weighted by atomic mass is 16.3. The number of rotatable bonds is 1. The van der Waals surface area contributed by atoms with Gasteiger partial charge < -0.3 is 10.4 Å². The second-order valence-electron chi connectivity index (χ2n) is 2.95. The second kappa shape index (κ2) is 4.55. The Morgan fingerprint density at radius 1 is 1.57 bits per heavy atom. The number of allylic oxidation sites excluding steroid dienone is 2. The molecule has 14 heavy (non-hydrogen) atoms. The van der Waals surface area contributed by atoms with Crippen LogP contribution < -0.4 is 5.32 Å². The van der Waals surface area contributed by atoms with Gasteiger partial charge >= 0.3 is 6.03 Å². The molecule has 0 aromatic rings. The van der Waals surface area contributed by atoms with Crippen molar-refractivity contribution in [3.8, 4) is 0 Å². The van der Waals surface area contributed by atoms with Crippen molar-refractivity contribution >= 4 is 18.0 Å². The number of nitrogens with zero attached hydrogens (tertiary/aromatic N) is 1. The first kappa shape index (κ1) is 10.4. The third kappa shape index (κ3) is 2.42. The van der Waals surface area contributed by atoms with E-state index in [9.17, 15) is 14.7 Å². The van der Waals surface area contributed by atoms with Gasteiger partial charge in [-0.25, -0.2) is 9.79 Å². The van der Waals surface area contributed by atoms with Crippen LogP contribution in [-0.2, 0) is 4.79 Å². The Kier molecular flexibility index (Phi) is 3.39. The lowest BCUT2D eigenvalue weighted by molar-refractivity contribution is -0.115. The molecule has 0 aromatic heterocycles. The number of Topliss-reactive ketones (excluding diaryl/α,β-unsaturated/α-hetero) is 1. The zero-order valence-corrected chi connectivity index (χ0v) is 7.91. The Bertz CT molecular complexity index is 318. The maximum Gasteiger partial charge on any atom is 0.340 e. The third-order valence-electron chi connectivity index (χ3n) is 1.95. The summed E-state index contributed by atoms with van der Waals surface area (Å²) in [5.74, 6) is -0.143. The monoisotopic (exact) mass is 196 g/mol. The van der Waals surface area contributed by atoms with Crippen LogP contribution >= 0.6 is 0 Å². The molecular formula is C9H12N2O3. The third-order valence-corrected chi connectivity index (χ3v) is 1.95. The van der Waals surface area contributed by atoms with Crippen LogP contribution in [0.2, 0.25) is 0 Å². The summed E-state index contributed by atoms with van der Waals surface area (Å²) in [5.41, 5.74) is 0.153. The standard InChI is InChI=1S/C9H12N2O3/c1-10-9(14)11-5-6-7(12)3-2-4-8(6)13/h5,12H,2-4H2,1H3,(H,10,14)/b11-5+. The molecule has 0 fully saturated rings. The first-order chi connectivity index (χ1) is 6.65. The number of carbonyl (C=O) groups is 2.